The summed E-state index contributed by atoms with van der Waals surface area (Å²) in [5.41, 5.74) is 2.58. The van der Waals surface area contributed by atoms with Gasteiger partial charge < -0.3 is 19.3 Å². The number of carbonyl (C=O) groups is 1. The van der Waals surface area contributed by atoms with Gasteiger partial charge in [0.2, 0.25) is 11.9 Å². The number of fused-ring (bicyclic) bond motifs is 1. The zero-order valence-electron chi connectivity index (χ0n) is 23.3. The van der Waals surface area contributed by atoms with Crippen molar-refractivity contribution in [3.63, 3.8) is 0 Å². The summed E-state index contributed by atoms with van der Waals surface area (Å²) in [6.45, 7) is 7.12. The Morgan fingerprint density at radius 2 is 1.77 bits per heavy atom. The standard InChI is InChI=1S/C30H36FN7O2/c1-4-18-35(5-2)30(40)38-27(39)14-17-32-28(38)34(3)24-15-19-36(20-16-24)29-33-25-8-6-7-9-26(25)37(29)21-22-10-12-23(31)13-11-22/h6-14,17,24H,4-5,15-16,18-21H2,1-3H3. The average Bonchev–Trinajstić information content (AvgIpc) is 3.34. The van der Waals surface area contributed by atoms with Gasteiger partial charge in [0.05, 0.1) is 17.6 Å². The van der Waals surface area contributed by atoms with Gasteiger partial charge in [0.1, 0.15) is 5.82 Å². The summed E-state index contributed by atoms with van der Waals surface area (Å²) in [6.07, 6.45) is 3.90. The Morgan fingerprint density at radius 1 is 1.05 bits per heavy atom. The maximum Gasteiger partial charge on any atom is 0.334 e. The molecule has 0 unspecified atom stereocenters. The number of hydrogen-bond donors (Lipinski definition) is 0. The highest BCUT2D eigenvalue weighted by Crippen LogP contribution is 2.28. The molecule has 2 aromatic carbocycles. The number of carbonyl (C=O) groups excluding carboxylic acids is 1. The zero-order chi connectivity index (χ0) is 28.2. The van der Waals surface area contributed by atoms with Crippen molar-refractivity contribution in [3.8, 4) is 0 Å². The maximum absolute atomic E-state index is 13.5. The summed E-state index contributed by atoms with van der Waals surface area (Å²) in [7, 11) is 1.91. The fraction of sp³-hybridized carbons (Fsp3) is 0.400. The molecule has 40 heavy (non-hydrogen) atoms. The van der Waals surface area contributed by atoms with Gasteiger partial charge in [0.25, 0.3) is 5.56 Å². The van der Waals surface area contributed by atoms with Crippen LogP contribution in [0.2, 0.25) is 0 Å². The van der Waals surface area contributed by atoms with E-state index in [9.17, 15) is 14.0 Å². The van der Waals surface area contributed by atoms with Gasteiger partial charge in [0.15, 0.2) is 0 Å². The monoisotopic (exact) mass is 545 g/mol. The van der Waals surface area contributed by atoms with Crippen LogP contribution in [0, 0.1) is 5.82 Å². The van der Waals surface area contributed by atoms with Gasteiger partial charge in [-0.25, -0.2) is 19.2 Å². The number of imidazole rings is 1. The van der Waals surface area contributed by atoms with Crippen molar-refractivity contribution >= 4 is 29.0 Å². The summed E-state index contributed by atoms with van der Waals surface area (Å²) < 4.78 is 16.9. The van der Waals surface area contributed by atoms with Crippen molar-refractivity contribution in [2.75, 3.05) is 43.0 Å². The summed E-state index contributed by atoms with van der Waals surface area (Å²) in [6, 6.07) is 15.7. The molecule has 4 aromatic rings. The Kier molecular flexibility index (Phi) is 8.14. The molecule has 1 amide bonds. The molecule has 5 rings (SSSR count). The van der Waals surface area contributed by atoms with Crippen LogP contribution in [0.1, 0.15) is 38.7 Å². The molecular formula is C30H36FN7O2. The molecule has 1 fully saturated rings. The molecule has 0 saturated carbocycles. The molecule has 1 saturated heterocycles. The fourth-order valence-electron chi connectivity index (χ4n) is 5.48. The van der Waals surface area contributed by atoms with Gasteiger partial charge in [-0.3, -0.25) is 4.79 Å². The van der Waals surface area contributed by atoms with Crippen molar-refractivity contribution in [2.45, 2.75) is 45.7 Å². The van der Waals surface area contributed by atoms with Gasteiger partial charge in [-0.2, -0.15) is 4.57 Å². The quantitative estimate of drug-likeness (QED) is 0.322. The lowest BCUT2D eigenvalue weighted by Gasteiger charge is -2.38. The molecule has 9 nitrogen and oxygen atoms in total. The van der Waals surface area contributed by atoms with Gasteiger partial charge in [-0.15, -0.1) is 0 Å². The Labute approximate surface area is 233 Å². The number of nitrogens with zero attached hydrogens (tertiary/aromatic N) is 7. The summed E-state index contributed by atoms with van der Waals surface area (Å²) in [4.78, 5) is 41.5. The van der Waals surface area contributed by atoms with Crippen LogP contribution >= 0.6 is 0 Å². The Hall–Kier alpha value is -4.21. The fourth-order valence-corrected chi connectivity index (χ4v) is 5.48. The lowest BCUT2D eigenvalue weighted by molar-refractivity contribution is 0.201. The molecule has 0 spiro atoms. The van der Waals surface area contributed by atoms with Crippen molar-refractivity contribution in [1.29, 1.82) is 0 Å². The van der Waals surface area contributed by atoms with Crippen molar-refractivity contribution in [3.05, 3.63) is 82.5 Å². The maximum atomic E-state index is 13.5. The van der Waals surface area contributed by atoms with E-state index in [2.05, 4.69) is 20.5 Å². The highest BCUT2D eigenvalue weighted by atomic mass is 19.1. The molecule has 210 valence electrons. The van der Waals surface area contributed by atoms with Gasteiger partial charge in [-0.1, -0.05) is 31.2 Å². The summed E-state index contributed by atoms with van der Waals surface area (Å²) in [5, 5.41) is 0. The average molecular weight is 546 g/mol. The number of halogens is 1. The third-order valence-electron chi connectivity index (χ3n) is 7.66. The molecule has 0 radical (unpaired) electrons. The number of para-hydroxylation sites is 2. The zero-order valence-corrected chi connectivity index (χ0v) is 23.3. The lowest BCUT2D eigenvalue weighted by atomic mass is 10.0. The third kappa shape index (κ3) is 5.43. The molecule has 1 aliphatic heterocycles. The predicted octanol–water partition coefficient (Wildman–Crippen LogP) is 4.59. The Bertz CT molecular complexity index is 1520. The minimum Gasteiger partial charge on any atom is -0.342 e. The van der Waals surface area contributed by atoms with Crippen molar-refractivity contribution in [1.82, 2.24) is 24.0 Å². The first kappa shape index (κ1) is 27.4. The van der Waals surface area contributed by atoms with E-state index in [4.69, 9.17) is 4.98 Å². The van der Waals surface area contributed by atoms with E-state index in [0.29, 0.717) is 25.6 Å². The third-order valence-corrected chi connectivity index (χ3v) is 7.66. The van der Waals surface area contributed by atoms with Crippen LogP contribution in [0.4, 0.5) is 21.1 Å². The molecule has 0 aliphatic carbocycles. The lowest BCUT2D eigenvalue weighted by Crippen LogP contribution is -2.48. The van der Waals surface area contributed by atoms with Crippen molar-refractivity contribution < 1.29 is 9.18 Å². The largest absolute Gasteiger partial charge is 0.342 e. The first-order chi connectivity index (χ1) is 19.4. The molecule has 2 aromatic heterocycles. The Morgan fingerprint density at radius 3 is 2.48 bits per heavy atom. The van der Waals surface area contributed by atoms with Crippen LogP contribution in [0.15, 0.2) is 65.6 Å². The number of benzene rings is 2. The second-order valence-electron chi connectivity index (χ2n) is 10.2. The molecule has 10 heteroatoms. The van der Waals surface area contributed by atoms with E-state index in [-0.39, 0.29) is 23.4 Å². The van der Waals surface area contributed by atoms with E-state index in [0.717, 1.165) is 54.9 Å². The number of rotatable bonds is 8. The van der Waals surface area contributed by atoms with E-state index in [1.165, 1.54) is 29.0 Å². The van der Waals surface area contributed by atoms with E-state index < -0.39 is 0 Å². The highest BCUT2D eigenvalue weighted by Gasteiger charge is 2.29. The molecule has 1 aliphatic rings. The second kappa shape index (κ2) is 11.9. The van der Waals surface area contributed by atoms with Crippen LogP contribution in [-0.4, -0.2) is 69.3 Å². The van der Waals surface area contributed by atoms with Gasteiger partial charge in [-0.05, 0) is 56.0 Å². The minimum atomic E-state index is -0.372. The molecule has 0 N–H and O–H groups in total. The minimum absolute atomic E-state index is 0.0979. The topological polar surface area (TPSA) is 79.5 Å². The predicted molar refractivity (Wildman–Crippen MR) is 156 cm³/mol. The van der Waals surface area contributed by atoms with Crippen LogP contribution < -0.4 is 15.4 Å². The smallest absolute Gasteiger partial charge is 0.334 e. The highest BCUT2D eigenvalue weighted by molar-refractivity contribution is 5.80. The molecule has 3 heterocycles. The first-order valence-corrected chi connectivity index (χ1v) is 14.0. The number of piperidine rings is 1. The SMILES string of the molecule is CCCN(CC)C(=O)n1c(N(C)C2CCN(c3nc4ccccc4n3Cc3ccc(F)cc3)CC2)nccc1=O. The van der Waals surface area contributed by atoms with Crippen molar-refractivity contribution in [2.24, 2.45) is 0 Å². The molecule has 0 bridgehead atoms. The van der Waals surface area contributed by atoms with Gasteiger partial charge in [0, 0.05) is 51.5 Å². The number of hydrogen-bond acceptors (Lipinski definition) is 6. The van der Waals surface area contributed by atoms with Crippen LogP contribution in [0.5, 0.6) is 0 Å². The number of amides is 1. The van der Waals surface area contributed by atoms with E-state index >= 15 is 0 Å². The number of aromatic nitrogens is 4. The van der Waals surface area contributed by atoms with E-state index in [1.807, 2.05) is 56.1 Å². The molecular weight excluding hydrogens is 509 g/mol. The Balaban J connectivity index is 1.37. The summed E-state index contributed by atoms with van der Waals surface area (Å²) in [5.74, 6) is 1.00. The molecule has 0 atom stereocenters. The van der Waals surface area contributed by atoms with E-state index in [1.54, 1.807) is 4.90 Å². The van der Waals surface area contributed by atoms with Gasteiger partial charge >= 0.3 is 6.03 Å². The van der Waals surface area contributed by atoms with Crippen LogP contribution in [0.25, 0.3) is 11.0 Å². The number of anilines is 2. The first-order valence-electron chi connectivity index (χ1n) is 14.0. The normalized spacial score (nSPS) is 14.1. The summed E-state index contributed by atoms with van der Waals surface area (Å²) >= 11 is 0. The van der Waals surface area contributed by atoms with Crippen LogP contribution in [-0.2, 0) is 6.54 Å². The second-order valence-corrected chi connectivity index (χ2v) is 10.2. The van der Waals surface area contributed by atoms with Crippen LogP contribution in [0.3, 0.4) is 0 Å².